The Balaban J connectivity index is 1.64. The van der Waals surface area contributed by atoms with Crippen molar-refractivity contribution in [2.24, 2.45) is 11.8 Å². The highest BCUT2D eigenvalue weighted by Gasteiger charge is 2.23. The predicted octanol–water partition coefficient (Wildman–Crippen LogP) is 3.51. The number of piperidine rings is 1. The second kappa shape index (κ2) is 10.6. The van der Waals surface area contributed by atoms with Crippen molar-refractivity contribution in [1.82, 2.24) is 10.3 Å². The Labute approximate surface area is 184 Å². The topological polar surface area (TPSA) is 83.6 Å². The SMILES string of the molecule is COCCNC(=O)CCC(=O)Nc1ccc2nc(N3C[C@@H](C)C[C@H](C)C3)cc(C)c2c1. The number of benzene rings is 1. The summed E-state index contributed by atoms with van der Waals surface area (Å²) in [5.41, 5.74) is 2.78. The zero-order chi connectivity index (χ0) is 22.4. The highest BCUT2D eigenvalue weighted by atomic mass is 16.5. The van der Waals surface area contributed by atoms with E-state index >= 15 is 0 Å². The molecule has 1 aliphatic heterocycles. The standard InChI is InChI=1S/C24H34N4O3/c1-16-11-17(2)15-28(14-16)22-12-18(3)20-13-19(5-6-21(20)27-22)26-24(30)8-7-23(29)25-9-10-31-4/h5-6,12-13,16-17H,7-11,14-15H2,1-4H3,(H,25,29)(H,26,30)/t16-,17-/m0/s1. The number of hydrogen-bond acceptors (Lipinski definition) is 5. The second-order valence-electron chi connectivity index (χ2n) is 8.77. The van der Waals surface area contributed by atoms with E-state index in [0.717, 1.165) is 41.1 Å². The number of ether oxygens (including phenoxy) is 1. The van der Waals surface area contributed by atoms with Crippen LogP contribution in [0.3, 0.4) is 0 Å². The molecule has 1 aromatic heterocycles. The van der Waals surface area contributed by atoms with E-state index in [1.807, 2.05) is 18.2 Å². The lowest BCUT2D eigenvalue weighted by molar-refractivity contribution is -0.124. The lowest BCUT2D eigenvalue weighted by atomic mass is 9.92. The molecule has 0 unspecified atom stereocenters. The summed E-state index contributed by atoms with van der Waals surface area (Å²) >= 11 is 0. The van der Waals surface area contributed by atoms with E-state index in [1.54, 1.807) is 7.11 Å². The van der Waals surface area contributed by atoms with E-state index in [-0.39, 0.29) is 24.7 Å². The van der Waals surface area contributed by atoms with Crippen molar-refractivity contribution >= 4 is 34.2 Å². The number of hydrogen-bond donors (Lipinski definition) is 2. The van der Waals surface area contributed by atoms with E-state index in [0.29, 0.717) is 25.0 Å². The first-order chi connectivity index (χ1) is 14.9. The van der Waals surface area contributed by atoms with Gasteiger partial charge in [-0.1, -0.05) is 13.8 Å². The molecule has 168 valence electrons. The number of fused-ring (bicyclic) bond motifs is 1. The summed E-state index contributed by atoms with van der Waals surface area (Å²) in [4.78, 5) is 31.3. The van der Waals surface area contributed by atoms with Gasteiger partial charge in [0.1, 0.15) is 5.82 Å². The van der Waals surface area contributed by atoms with Gasteiger partial charge in [-0.15, -0.1) is 0 Å². The van der Waals surface area contributed by atoms with Gasteiger partial charge in [0.05, 0.1) is 12.1 Å². The molecule has 2 N–H and O–H groups in total. The van der Waals surface area contributed by atoms with Crippen molar-refractivity contribution < 1.29 is 14.3 Å². The molecule has 2 heterocycles. The molecule has 1 fully saturated rings. The number of nitrogens with zero attached hydrogens (tertiary/aromatic N) is 2. The minimum atomic E-state index is -0.181. The number of nitrogens with one attached hydrogen (secondary N) is 2. The maximum absolute atomic E-state index is 12.3. The summed E-state index contributed by atoms with van der Waals surface area (Å²) < 4.78 is 4.89. The number of methoxy groups -OCH3 is 1. The van der Waals surface area contributed by atoms with Gasteiger partial charge in [-0.2, -0.15) is 0 Å². The molecule has 0 saturated carbocycles. The van der Waals surface area contributed by atoms with Gasteiger partial charge in [0.15, 0.2) is 0 Å². The van der Waals surface area contributed by atoms with E-state index in [1.165, 1.54) is 6.42 Å². The number of pyridine rings is 1. The van der Waals surface area contributed by atoms with Gasteiger partial charge in [0, 0.05) is 50.7 Å². The molecule has 7 heteroatoms. The van der Waals surface area contributed by atoms with Gasteiger partial charge in [-0.25, -0.2) is 4.98 Å². The van der Waals surface area contributed by atoms with Crippen LogP contribution in [0.5, 0.6) is 0 Å². The van der Waals surface area contributed by atoms with Gasteiger partial charge < -0.3 is 20.3 Å². The van der Waals surface area contributed by atoms with Crippen molar-refractivity contribution in [2.75, 3.05) is 43.6 Å². The summed E-state index contributed by atoms with van der Waals surface area (Å²) in [5, 5.41) is 6.63. The fourth-order valence-corrected chi connectivity index (χ4v) is 4.30. The molecule has 0 bridgehead atoms. The summed E-state index contributed by atoms with van der Waals surface area (Å²) in [6.45, 7) is 9.67. The Morgan fingerprint density at radius 2 is 1.84 bits per heavy atom. The van der Waals surface area contributed by atoms with Gasteiger partial charge in [-0.3, -0.25) is 9.59 Å². The van der Waals surface area contributed by atoms with Crippen molar-refractivity contribution in [2.45, 2.75) is 40.0 Å². The van der Waals surface area contributed by atoms with Crippen LogP contribution in [-0.4, -0.2) is 50.1 Å². The summed E-state index contributed by atoms with van der Waals surface area (Å²) in [5.74, 6) is 2.03. The van der Waals surface area contributed by atoms with Gasteiger partial charge in [-0.05, 0) is 55.0 Å². The molecule has 1 aliphatic rings. The van der Waals surface area contributed by atoms with E-state index in [9.17, 15) is 9.59 Å². The lowest BCUT2D eigenvalue weighted by Gasteiger charge is -2.36. The minimum Gasteiger partial charge on any atom is -0.383 e. The molecule has 0 spiro atoms. The van der Waals surface area contributed by atoms with Crippen LogP contribution in [0.15, 0.2) is 24.3 Å². The third kappa shape index (κ3) is 6.40. The number of rotatable bonds is 8. The van der Waals surface area contributed by atoms with Crippen molar-refractivity contribution in [3.05, 3.63) is 29.8 Å². The quantitative estimate of drug-likeness (QED) is 0.631. The van der Waals surface area contributed by atoms with Crippen LogP contribution in [0.2, 0.25) is 0 Å². The molecule has 0 radical (unpaired) electrons. The van der Waals surface area contributed by atoms with Crippen molar-refractivity contribution in [3.63, 3.8) is 0 Å². The van der Waals surface area contributed by atoms with E-state index in [4.69, 9.17) is 9.72 Å². The van der Waals surface area contributed by atoms with Gasteiger partial charge in [0.25, 0.3) is 0 Å². The smallest absolute Gasteiger partial charge is 0.224 e. The predicted molar refractivity (Wildman–Crippen MR) is 124 cm³/mol. The Hall–Kier alpha value is -2.67. The lowest BCUT2D eigenvalue weighted by Crippen LogP contribution is -2.39. The average molecular weight is 427 g/mol. The van der Waals surface area contributed by atoms with Crippen LogP contribution >= 0.6 is 0 Å². The third-order valence-corrected chi connectivity index (χ3v) is 5.69. The minimum absolute atomic E-state index is 0.137. The first-order valence-electron chi connectivity index (χ1n) is 11.1. The van der Waals surface area contributed by atoms with Crippen molar-refractivity contribution in [1.29, 1.82) is 0 Å². The molecule has 7 nitrogen and oxygen atoms in total. The normalized spacial score (nSPS) is 18.8. The molecule has 2 atom stereocenters. The maximum atomic E-state index is 12.3. The fourth-order valence-electron chi connectivity index (χ4n) is 4.30. The van der Waals surface area contributed by atoms with E-state index in [2.05, 4.69) is 42.4 Å². The number of carbonyl (C=O) groups is 2. The first-order valence-corrected chi connectivity index (χ1v) is 11.1. The average Bonchev–Trinajstić information content (AvgIpc) is 2.72. The molecule has 3 rings (SSSR count). The molecule has 31 heavy (non-hydrogen) atoms. The van der Waals surface area contributed by atoms with Crippen LogP contribution in [0.4, 0.5) is 11.5 Å². The van der Waals surface area contributed by atoms with Crippen LogP contribution in [0.25, 0.3) is 10.9 Å². The largest absolute Gasteiger partial charge is 0.383 e. The zero-order valence-corrected chi connectivity index (χ0v) is 19.0. The molecule has 1 aromatic carbocycles. The monoisotopic (exact) mass is 426 g/mol. The molecule has 1 saturated heterocycles. The summed E-state index contributed by atoms with van der Waals surface area (Å²) in [7, 11) is 1.58. The van der Waals surface area contributed by atoms with Crippen molar-refractivity contribution in [3.8, 4) is 0 Å². The summed E-state index contributed by atoms with van der Waals surface area (Å²) in [6.07, 6.45) is 1.55. The number of amides is 2. The third-order valence-electron chi connectivity index (χ3n) is 5.69. The zero-order valence-electron chi connectivity index (χ0n) is 19.0. The van der Waals surface area contributed by atoms with Crippen LogP contribution in [0, 0.1) is 18.8 Å². The fraction of sp³-hybridized carbons (Fsp3) is 0.542. The number of anilines is 2. The van der Waals surface area contributed by atoms with E-state index < -0.39 is 0 Å². The summed E-state index contributed by atoms with van der Waals surface area (Å²) in [6, 6.07) is 7.93. The first kappa shape index (κ1) is 23.0. The van der Waals surface area contributed by atoms with Gasteiger partial charge >= 0.3 is 0 Å². The molecule has 2 aromatic rings. The molecular formula is C24H34N4O3. The number of aryl methyl sites for hydroxylation is 1. The Bertz CT molecular complexity index is 920. The number of aromatic nitrogens is 1. The van der Waals surface area contributed by atoms with Crippen LogP contribution in [-0.2, 0) is 14.3 Å². The Morgan fingerprint density at radius 3 is 2.55 bits per heavy atom. The second-order valence-corrected chi connectivity index (χ2v) is 8.77. The van der Waals surface area contributed by atoms with Crippen LogP contribution < -0.4 is 15.5 Å². The molecule has 2 amide bonds. The molecule has 0 aliphatic carbocycles. The van der Waals surface area contributed by atoms with Crippen LogP contribution in [0.1, 0.15) is 38.7 Å². The highest BCUT2D eigenvalue weighted by Crippen LogP contribution is 2.29. The highest BCUT2D eigenvalue weighted by molar-refractivity contribution is 5.96. The maximum Gasteiger partial charge on any atom is 0.224 e. The molecular weight excluding hydrogens is 392 g/mol. The van der Waals surface area contributed by atoms with Gasteiger partial charge in [0.2, 0.25) is 11.8 Å². The Morgan fingerprint density at radius 1 is 1.13 bits per heavy atom. The Kier molecular flexibility index (Phi) is 7.85. The number of carbonyl (C=O) groups excluding carboxylic acids is 2.